The van der Waals surface area contributed by atoms with E-state index in [0.29, 0.717) is 13.0 Å². The van der Waals surface area contributed by atoms with Gasteiger partial charge < -0.3 is 28.7 Å². The molecular weight excluding hydrogens is 443 g/mol. The fourth-order valence-electron chi connectivity index (χ4n) is 2.36. The number of anilines is 2. The number of nitrogens with zero attached hydrogens (tertiary/aromatic N) is 4. The Labute approximate surface area is 187 Å². The van der Waals surface area contributed by atoms with Crippen LogP contribution in [0.4, 0.5) is 11.6 Å². The summed E-state index contributed by atoms with van der Waals surface area (Å²) in [7, 11) is 0. The largest absolute Gasteiger partial charge is 0.382 e. The molecule has 0 spiro atoms. The van der Waals surface area contributed by atoms with Crippen LogP contribution >= 0.6 is 36.4 Å². The third-order valence-electron chi connectivity index (χ3n) is 3.73. The third kappa shape index (κ3) is 10.2. The zero-order valence-electron chi connectivity index (χ0n) is 15.9. The molecule has 1 aromatic heterocycles. The number of hydrogen-bond acceptors (Lipinski definition) is 7. The van der Waals surface area contributed by atoms with Gasteiger partial charge in [0.05, 0.1) is 0 Å². The van der Waals surface area contributed by atoms with Gasteiger partial charge in [0, 0.05) is 13.1 Å². The van der Waals surface area contributed by atoms with E-state index in [1.807, 2.05) is 0 Å². The lowest BCUT2D eigenvalue weighted by Crippen LogP contribution is -2.42. The molecule has 0 radical (unpaired) electrons. The minimum absolute atomic E-state index is 0. The summed E-state index contributed by atoms with van der Waals surface area (Å²) in [6, 6.07) is 0. The number of hydrogen-bond donors (Lipinski definition) is 6. The van der Waals surface area contributed by atoms with E-state index in [1.165, 1.54) is 0 Å². The second-order valence-electron chi connectivity index (χ2n) is 5.90. The zero-order valence-corrected chi connectivity index (χ0v) is 18.3. The van der Waals surface area contributed by atoms with Crippen molar-refractivity contribution in [2.75, 3.05) is 24.6 Å². The smallest absolute Gasteiger partial charge is 0.283 e. The number of carbonyl (C=O) groups excluding carboxylic acids is 1. The van der Waals surface area contributed by atoms with Gasteiger partial charge in [-0.2, -0.15) is 0 Å². The van der Waals surface area contributed by atoms with Crippen LogP contribution in [0.2, 0.25) is 5.15 Å². The molecule has 0 saturated carbocycles. The van der Waals surface area contributed by atoms with Crippen LogP contribution in [-0.4, -0.2) is 45.8 Å². The lowest BCUT2D eigenvalue weighted by Gasteiger charge is -2.20. The van der Waals surface area contributed by atoms with Crippen molar-refractivity contribution in [1.29, 1.82) is 5.41 Å². The Morgan fingerprint density at radius 3 is 2.07 bits per heavy atom. The van der Waals surface area contributed by atoms with E-state index in [2.05, 4.69) is 15.0 Å². The topological polar surface area (TPSA) is 212 Å². The van der Waals surface area contributed by atoms with Gasteiger partial charge in [0.15, 0.2) is 34.4 Å². The van der Waals surface area contributed by atoms with Crippen molar-refractivity contribution in [3.63, 3.8) is 0 Å². The van der Waals surface area contributed by atoms with Crippen LogP contribution < -0.4 is 28.7 Å². The summed E-state index contributed by atoms with van der Waals surface area (Å²) in [5.41, 5.74) is 27.0. The van der Waals surface area contributed by atoms with E-state index in [4.69, 9.17) is 45.7 Å². The number of aromatic nitrogens is 2. The summed E-state index contributed by atoms with van der Waals surface area (Å²) in [4.78, 5) is 25.2. The standard InChI is InChI=1S/C15H27ClN10O.2ClH/c16-10-12(18)25-11(17)9(24-10)13(27)26(15(21)22)8-6-4-2-1-3-5-7-23-14(19)20;;/h1-8H2,(H3,21,22)(H4,17,18,25)(H4,19,20,23);2*1H. The minimum atomic E-state index is -0.633. The van der Waals surface area contributed by atoms with Crippen LogP contribution in [0.15, 0.2) is 4.99 Å². The lowest BCUT2D eigenvalue weighted by molar-refractivity contribution is 0.0838. The average Bonchev–Trinajstić information content (AvgIpc) is 2.58. The van der Waals surface area contributed by atoms with E-state index in [0.717, 1.165) is 37.0 Å². The van der Waals surface area contributed by atoms with Gasteiger partial charge in [-0.25, -0.2) is 9.97 Å². The highest BCUT2D eigenvalue weighted by Crippen LogP contribution is 2.19. The molecule has 11 N–H and O–H groups in total. The number of carbonyl (C=O) groups is 1. The highest BCUT2D eigenvalue weighted by Gasteiger charge is 2.23. The van der Waals surface area contributed by atoms with Crippen LogP contribution in [0, 0.1) is 5.41 Å². The number of guanidine groups is 2. The number of rotatable bonds is 10. The molecule has 0 unspecified atom stereocenters. The molecule has 0 aliphatic heterocycles. The molecule has 0 aromatic carbocycles. The second kappa shape index (κ2) is 14.7. The van der Waals surface area contributed by atoms with Crippen molar-refractivity contribution in [2.45, 2.75) is 38.5 Å². The SMILES string of the molecule is Cl.Cl.N=C(N)N(CCCCCCCCN=C(N)N)C(=O)c1nc(Cl)c(N)nc1N. The lowest BCUT2D eigenvalue weighted by atomic mass is 10.1. The number of amides is 1. The number of halogens is 3. The maximum Gasteiger partial charge on any atom is 0.283 e. The number of nitrogen functional groups attached to an aromatic ring is 2. The first-order valence-corrected chi connectivity index (χ1v) is 8.91. The van der Waals surface area contributed by atoms with Gasteiger partial charge in [-0.3, -0.25) is 20.1 Å². The predicted molar refractivity (Wildman–Crippen MR) is 122 cm³/mol. The summed E-state index contributed by atoms with van der Waals surface area (Å²) in [5.74, 6) is -1.15. The van der Waals surface area contributed by atoms with Crippen molar-refractivity contribution in [3.8, 4) is 0 Å². The fraction of sp³-hybridized carbons (Fsp3) is 0.533. The first kappa shape index (κ1) is 29.0. The summed E-state index contributed by atoms with van der Waals surface area (Å²) < 4.78 is 0. The molecule has 0 saturated heterocycles. The van der Waals surface area contributed by atoms with Crippen LogP contribution in [0.5, 0.6) is 0 Å². The molecule has 0 bridgehead atoms. The third-order valence-corrected chi connectivity index (χ3v) is 4.01. The molecule has 1 aromatic rings. The monoisotopic (exact) mass is 470 g/mol. The fourth-order valence-corrected chi connectivity index (χ4v) is 2.48. The molecule has 14 heteroatoms. The predicted octanol–water partition coefficient (Wildman–Crippen LogP) is 1.09. The molecular formula is C15H29Cl3N10O. The second-order valence-corrected chi connectivity index (χ2v) is 6.26. The molecule has 0 aliphatic carbocycles. The van der Waals surface area contributed by atoms with Crippen LogP contribution in [0.25, 0.3) is 0 Å². The molecule has 29 heavy (non-hydrogen) atoms. The first-order valence-electron chi connectivity index (χ1n) is 8.53. The normalized spacial score (nSPS) is 9.69. The van der Waals surface area contributed by atoms with Crippen molar-refractivity contribution >= 4 is 65.9 Å². The quantitative estimate of drug-likeness (QED) is 0.164. The molecule has 1 amide bonds. The Bertz CT molecular complexity index is 697. The van der Waals surface area contributed by atoms with E-state index in [9.17, 15) is 4.79 Å². The van der Waals surface area contributed by atoms with Crippen molar-refractivity contribution < 1.29 is 4.79 Å². The Balaban J connectivity index is 0. The molecule has 1 heterocycles. The van der Waals surface area contributed by atoms with Gasteiger partial charge in [0.25, 0.3) is 5.91 Å². The van der Waals surface area contributed by atoms with Gasteiger partial charge in [-0.05, 0) is 12.8 Å². The molecule has 1 rings (SSSR count). The van der Waals surface area contributed by atoms with E-state index in [1.54, 1.807) is 0 Å². The first-order chi connectivity index (χ1) is 12.7. The Morgan fingerprint density at radius 1 is 0.966 bits per heavy atom. The number of nitrogens with two attached hydrogens (primary N) is 5. The summed E-state index contributed by atoms with van der Waals surface area (Å²) >= 11 is 5.80. The summed E-state index contributed by atoms with van der Waals surface area (Å²) in [6.07, 6.45) is 5.50. The molecule has 166 valence electrons. The summed E-state index contributed by atoms with van der Waals surface area (Å²) in [6.45, 7) is 0.896. The van der Waals surface area contributed by atoms with Crippen LogP contribution in [0.3, 0.4) is 0 Å². The molecule has 11 nitrogen and oxygen atoms in total. The zero-order chi connectivity index (χ0) is 20.4. The molecule has 0 atom stereocenters. The van der Waals surface area contributed by atoms with E-state index >= 15 is 0 Å². The van der Waals surface area contributed by atoms with E-state index < -0.39 is 11.9 Å². The van der Waals surface area contributed by atoms with E-state index in [-0.39, 0.29) is 59.8 Å². The molecule has 0 fully saturated rings. The maximum atomic E-state index is 12.6. The average molecular weight is 472 g/mol. The van der Waals surface area contributed by atoms with Gasteiger partial charge in [-0.1, -0.05) is 37.3 Å². The number of nitrogens with one attached hydrogen (secondary N) is 1. The highest BCUT2D eigenvalue weighted by molar-refractivity contribution is 6.31. The maximum absolute atomic E-state index is 12.6. The van der Waals surface area contributed by atoms with Crippen molar-refractivity contribution in [2.24, 2.45) is 22.2 Å². The number of unbranched alkanes of at least 4 members (excludes halogenated alkanes) is 5. The Morgan fingerprint density at radius 2 is 1.52 bits per heavy atom. The Hall–Kier alpha value is -2.24. The highest BCUT2D eigenvalue weighted by atomic mass is 35.5. The van der Waals surface area contributed by atoms with Gasteiger partial charge >= 0.3 is 0 Å². The molecule has 0 aliphatic rings. The van der Waals surface area contributed by atoms with Crippen LogP contribution in [-0.2, 0) is 0 Å². The van der Waals surface area contributed by atoms with Crippen LogP contribution in [0.1, 0.15) is 49.0 Å². The Kier molecular flexibility index (Phi) is 14.7. The summed E-state index contributed by atoms with van der Waals surface area (Å²) in [5, 5.41) is 7.50. The van der Waals surface area contributed by atoms with Crippen molar-refractivity contribution in [1.82, 2.24) is 14.9 Å². The minimum Gasteiger partial charge on any atom is -0.382 e. The number of aliphatic imine (C=N–C) groups is 1. The van der Waals surface area contributed by atoms with Gasteiger partial charge in [-0.15, -0.1) is 24.8 Å². The van der Waals surface area contributed by atoms with Crippen molar-refractivity contribution in [3.05, 3.63) is 10.8 Å². The van der Waals surface area contributed by atoms with Gasteiger partial charge in [0.2, 0.25) is 0 Å². The van der Waals surface area contributed by atoms with Gasteiger partial charge in [0.1, 0.15) is 0 Å².